The zero-order valence-electron chi connectivity index (χ0n) is 12.6. The molecule has 23 heavy (non-hydrogen) atoms. The van der Waals surface area contributed by atoms with E-state index in [-0.39, 0.29) is 5.82 Å². The van der Waals surface area contributed by atoms with Crippen LogP contribution in [-0.2, 0) is 0 Å². The second-order valence-electron chi connectivity index (χ2n) is 5.54. The third kappa shape index (κ3) is 2.50. The normalized spacial score (nSPS) is 12.5. The Morgan fingerprint density at radius 3 is 2.48 bits per heavy atom. The lowest BCUT2D eigenvalue weighted by Crippen LogP contribution is -2.04. The van der Waals surface area contributed by atoms with Crippen molar-refractivity contribution < 1.29 is 9.13 Å². The average molecular weight is 303 g/mol. The Labute approximate surface area is 133 Å². The van der Waals surface area contributed by atoms with Gasteiger partial charge in [0.15, 0.2) is 5.75 Å². The average Bonchev–Trinajstić information content (AvgIpc) is 2.72. The van der Waals surface area contributed by atoms with E-state index in [1.807, 2.05) is 55.5 Å². The van der Waals surface area contributed by atoms with Crippen LogP contribution in [0.25, 0.3) is 0 Å². The van der Waals surface area contributed by atoms with Crippen LogP contribution in [0, 0.1) is 12.7 Å². The molecule has 3 aromatic rings. The van der Waals surface area contributed by atoms with Crippen molar-refractivity contribution in [1.29, 1.82) is 0 Å². The van der Waals surface area contributed by atoms with Crippen molar-refractivity contribution in [2.45, 2.75) is 6.92 Å². The molecule has 0 amide bonds. The van der Waals surface area contributed by atoms with Crippen molar-refractivity contribution >= 4 is 11.4 Å². The van der Waals surface area contributed by atoms with Crippen LogP contribution in [0.15, 0.2) is 71.7 Å². The molecule has 0 bridgehead atoms. The van der Waals surface area contributed by atoms with Gasteiger partial charge >= 0.3 is 0 Å². The maximum absolute atomic E-state index is 13.8. The molecule has 2 nitrogen and oxygen atoms in total. The minimum Gasteiger partial charge on any atom is -0.454 e. The van der Waals surface area contributed by atoms with Crippen LogP contribution < -0.4 is 4.74 Å². The lowest BCUT2D eigenvalue weighted by atomic mass is 10.00. The summed E-state index contributed by atoms with van der Waals surface area (Å²) in [5.41, 5.74) is 4.20. The zero-order valence-corrected chi connectivity index (χ0v) is 12.6. The number of hydrogen-bond acceptors (Lipinski definition) is 2. The van der Waals surface area contributed by atoms with Crippen LogP contribution in [0.3, 0.4) is 0 Å². The Morgan fingerprint density at radius 2 is 1.65 bits per heavy atom. The van der Waals surface area contributed by atoms with Gasteiger partial charge in [0, 0.05) is 11.1 Å². The molecule has 112 valence electrons. The van der Waals surface area contributed by atoms with E-state index in [1.165, 1.54) is 17.7 Å². The largest absolute Gasteiger partial charge is 0.454 e. The first-order chi connectivity index (χ1) is 11.2. The van der Waals surface area contributed by atoms with E-state index < -0.39 is 0 Å². The molecular weight excluding hydrogens is 289 g/mol. The van der Waals surface area contributed by atoms with Crippen LogP contribution in [0.1, 0.15) is 16.7 Å². The summed E-state index contributed by atoms with van der Waals surface area (Å²) < 4.78 is 19.8. The maximum Gasteiger partial charge on any atom is 0.153 e. The molecule has 0 spiro atoms. The summed E-state index contributed by atoms with van der Waals surface area (Å²) in [6, 6.07) is 20.1. The Hall–Kier alpha value is -2.94. The van der Waals surface area contributed by atoms with Crippen molar-refractivity contribution in [2.24, 2.45) is 4.99 Å². The first-order valence-corrected chi connectivity index (χ1v) is 7.43. The standard InChI is InChI=1S/C20H14FNO/c1-13-6-8-14(9-7-13)20-16-12-15(21)10-11-18(16)23-19-5-3-2-4-17(19)22-20/h2-12H,1H3. The number of benzene rings is 3. The molecule has 0 saturated heterocycles. The summed E-state index contributed by atoms with van der Waals surface area (Å²) in [7, 11) is 0. The first-order valence-electron chi connectivity index (χ1n) is 7.43. The molecule has 0 atom stereocenters. The van der Waals surface area contributed by atoms with E-state index >= 15 is 0 Å². The highest BCUT2D eigenvalue weighted by Gasteiger charge is 2.19. The Morgan fingerprint density at radius 1 is 0.870 bits per heavy atom. The number of para-hydroxylation sites is 2. The van der Waals surface area contributed by atoms with Gasteiger partial charge in [-0.05, 0) is 37.3 Å². The van der Waals surface area contributed by atoms with Crippen molar-refractivity contribution in [3.63, 3.8) is 0 Å². The van der Waals surface area contributed by atoms with Crippen LogP contribution in [0.2, 0.25) is 0 Å². The van der Waals surface area contributed by atoms with Crippen LogP contribution in [-0.4, -0.2) is 5.71 Å². The van der Waals surface area contributed by atoms with Crippen LogP contribution >= 0.6 is 0 Å². The van der Waals surface area contributed by atoms with Gasteiger partial charge in [-0.25, -0.2) is 9.38 Å². The zero-order chi connectivity index (χ0) is 15.8. The molecule has 0 aliphatic carbocycles. The molecular formula is C20H14FNO. The monoisotopic (exact) mass is 303 g/mol. The second kappa shape index (κ2) is 5.36. The third-order valence-electron chi connectivity index (χ3n) is 3.84. The van der Waals surface area contributed by atoms with E-state index in [2.05, 4.69) is 0 Å². The van der Waals surface area contributed by atoms with Crippen molar-refractivity contribution in [1.82, 2.24) is 0 Å². The second-order valence-corrected chi connectivity index (χ2v) is 5.54. The van der Waals surface area contributed by atoms with E-state index in [1.54, 1.807) is 6.07 Å². The molecule has 0 aromatic heterocycles. The lowest BCUT2D eigenvalue weighted by molar-refractivity contribution is 0.482. The van der Waals surface area contributed by atoms with Gasteiger partial charge in [-0.15, -0.1) is 0 Å². The predicted molar refractivity (Wildman–Crippen MR) is 89.4 cm³/mol. The number of hydrogen-bond donors (Lipinski definition) is 0. The summed E-state index contributed by atoms with van der Waals surface area (Å²) >= 11 is 0. The molecule has 1 heterocycles. The number of halogens is 1. The van der Waals surface area contributed by atoms with Gasteiger partial charge in [-0.3, -0.25) is 0 Å². The number of aryl methyl sites for hydroxylation is 1. The topological polar surface area (TPSA) is 21.6 Å². The van der Waals surface area contributed by atoms with E-state index in [4.69, 9.17) is 9.73 Å². The summed E-state index contributed by atoms with van der Waals surface area (Å²) in [4.78, 5) is 4.75. The molecule has 1 aliphatic rings. The fourth-order valence-electron chi connectivity index (χ4n) is 2.64. The van der Waals surface area contributed by atoms with Gasteiger partial charge in [0.05, 0.1) is 5.71 Å². The molecule has 4 rings (SSSR count). The van der Waals surface area contributed by atoms with Gasteiger partial charge in [-0.1, -0.05) is 42.0 Å². The molecule has 1 aliphatic heterocycles. The Balaban J connectivity index is 1.99. The van der Waals surface area contributed by atoms with E-state index in [0.717, 1.165) is 11.3 Å². The fraction of sp³-hybridized carbons (Fsp3) is 0.0500. The molecule has 0 radical (unpaired) electrons. The van der Waals surface area contributed by atoms with Crippen molar-refractivity contribution in [2.75, 3.05) is 0 Å². The fourth-order valence-corrected chi connectivity index (χ4v) is 2.64. The number of fused-ring (bicyclic) bond motifs is 2. The predicted octanol–water partition coefficient (Wildman–Crippen LogP) is 5.41. The number of rotatable bonds is 1. The van der Waals surface area contributed by atoms with Gasteiger partial charge in [0.2, 0.25) is 0 Å². The van der Waals surface area contributed by atoms with Gasteiger partial charge in [0.1, 0.15) is 17.3 Å². The van der Waals surface area contributed by atoms with Crippen LogP contribution in [0.5, 0.6) is 11.5 Å². The number of aliphatic imine (C=N–C) groups is 1. The van der Waals surface area contributed by atoms with Crippen molar-refractivity contribution in [3.05, 3.63) is 89.2 Å². The number of ether oxygens (including phenoxy) is 1. The Kier molecular flexibility index (Phi) is 3.19. The van der Waals surface area contributed by atoms with E-state index in [9.17, 15) is 4.39 Å². The third-order valence-corrected chi connectivity index (χ3v) is 3.84. The maximum atomic E-state index is 13.8. The van der Waals surface area contributed by atoms with Crippen molar-refractivity contribution in [3.8, 4) is 11.5 Å². The van der Waals surface area contributed by atoms with E-state index in [0.29, 0.717) is 22.8 Å². The summed E-state index contributed by atoms with van der Waals surface area (Å²) in [5.74, 6) is 0.969. The summed E-state index contributed by atoms with van der Waals surface area (Å²) in [6.07, 6.45) is 0. The highest BCUT2D eigenvalue weighted by atomic mass is 19.1. The lowest BCUT2D eigenvalue weighted by Gasteiger charge is -2.10. The molecule has 0 unspecified atom stereocenters. The highest BCUT2D eigenvalue weighted by Crippen LogP contribution is 2.38. The molecule has 3 aromatic carbocycles. The number of nitrogens with zero attached hydrogens (tertiary/aromatic N) is 1. The molecule has 0 fully saturated rings. The Bertz CT molecular complexity index is 913. The first kappa shape index (κ1) is 13.7. The van der Waals surface area contributed by atoms with Gasteiger partial charge in [-0.2, -0.15) is 0 Å². The quantitative estimate of drug-likeness (QED) is 0.461. The van der Waals surface area contributed by atoms with Gasteiger partial charge < -0.3 is 4.74 Å². The highest BCUT2D eigenvalue weighted by molar-refractivity contribution is 6.16. The molecule has 0 saturated carbocycles. The minimum atomic E-state index is -0.307. The van der Waals surface area contributed by atoms with Gasteiger partial charge in [0.25, 0.3) is 0 Å². The van der Waals surface area contributed by atoms with Crippen LogP contribution in [0.4, 0.5) is 10.1 Å². The smallest absolute Gasteiger partial charge is 0.153 e. The molecule has 3 heteroatoms. The summed E-state index contributed by atoms with van der Waals surface area (Å²) in [6.45, 7) is 2.03. The summed E-state index contributed by atoms with van der Waals surface area (Å²) in [5, 5.41) is 0. The minimum absolute atomic E-state index is 0.307. The SMILES string of the molecule is Cc1ccc(C2=Nc3ccccc3Oc3ccc(F)cc32)cc1. The molecule has 0 N–H and O–H groups in total.